The van der Waals surface area contributed by atoms with E-state index in [0.717, 1.165) is 5.56 Å². The summed E-state index contributed by atoms with van der Waals surface area (Å²) in [5, 5.41) is 3.19. The first kappa shape index (κ1) is 15.6. The Bertz CT molecular complexity index is 879. The summed E-state index contributed by atoms with van der Waals surface area (Å²) in [7, 11) is 1.55. The lowest BCUT2D eigenvalue weighted by Gasteiger charge is -2.06. The molecular weight excluding hydrogens is 339 g/mol. The number of rotatable bonds is 4. The van der Waals surface area contributed by atoms with Crippen LogP contribution < -0.4 is 10.1 Å². The van der Waals surface area contributed by atoms with E-state index in [9.17, 15) is 4.79 Å². The van der Waals surface area contributed by atoms with Crippen molar-refractivity contribution in [1.29, 1.82) is 0 Å². The van der Waals surface area contributed by atoms with Crippen LogP contribution in [0.5, 0.6) is 5.75 Å². The second-order valence-corrected chi connectivity index (χ2v) is 5.48. The summed E-state index contributed by atoms with van der Waals surface area (Å²) >= 11 is 12.1. The van der Waals surface area contributed by atoms with E-state index in [4.69, 9.17) is 27.9 Å². The van der Waals surface area contributed by atoms with Crippen LogP contribution in [0.25, 0.3) is 22.6 Å². The minimum Gasteiger partial charge on any atom is -0.484 e. The Labute approximate surface area is 141 Å². The molecule has 0 saturated carbocycles. The van der Waals surface area contributed by atoms with E-state index in [1.165, 1.54) is 6.20 Å². The second kappa shape index (κ2) is 6.44. The zero-order chi connectivity index (χ0) is 16.4. The third-order valence-electron chi connectivity index (χ3n) is 3.17. The van der Waals surface area contributed by atoms with Gasteiger partial charge < -0.3 is 15.0 Å². The van der Waals surface area contributed by atoms with Gasteiger partial charge in [-0.05, 0) is 12.1 Å². The average Bonchev–Trinajstić information content (AvgIpc) is 3.01. The van der Waals surface area contributed by atoms with E-state index in [1.807, 2.05) is 12.1 Å². The van der Waals surface area contributed by atoms with Gasteiger partial charge in [-0.1, -0.05) is 35.3 Å². The van der Waals surface area contributed by atoms with Gasteiger partial charge in [0, 0.05) is 18.8 Å². The standard InChI is InChI=1S/C15H12Cl2N4O2/c1-18-11(22)7-23-9-4-2-3-8(5-9)14-20-13-12(17)10(16)6-19-15(13)21-14/h2-6H,7H2,1H3,(H,18,22)(H,19,20,21). The highest BCUT2D eigenvalue weighted by Gasteiger charge is 2.12. The normalized spacial score (nSPS) is 10.7. The molecule has 8 heteroatoms. The molecule has 0 atom stereocenters. The van der Waals surface area contributed by atoms with E-state index in [1.54, 1.807) is 19.2 Å². The second-order valence-electron chi connectivity index (χ2n) is 4.69. The van der Waals surface area contributed by atoms with Gasteiger partial charge in [-0.25, -0.2) is 9.97 Å². The first-order valence-corrected chi connectivity index (χ1v) is 7.47. The van der Waals surface area contributed by atoms with E-state index in [2.05, 4.69) is 20.3 Å². The SMILES string of the molecule is CNC(=O)COc1cccc(-c2nc3c(Cl)c(Cl)cnc3[nH]2)c1. The van der Waals surface area contributed by atoms with Crippen LogP contribution in [0.2, 0.25) is 10.0 Å². The summed E-state index contributed by atoms with van der Waals surface area (Å²) in [5.74, 6) is 0.940. The highest BCUT2D eigenvalue weighted by molar-refractivity contribution is 6.44. The van der Waals surface area contributed by atoms with Crippen molar-refractivity contribution in [3.8, 4) is 17.1 Å². The zero-order valence-corrected chi connectivity index (χ0v) is 13.6. The monoisotopic (exact) mass is 350 g/mol. The van der Waals surface area contributed by atoms with Gasteiger partial charge in [0.05, 0.1) is 10.0 Å². The van der Waals surface area contributed by atoms with Crippen molar-refractivity contribution in [2.75, 3.05) is 13.7 Å². The zero-order valence-electron chi connectivity index (χ0n) is 12.1. The molecule has 3 aromatic rings. The molecule has 0 saturated heterocycles. The first-order chi connectivity index (χ1) is 11.1. The van der Waals surface area contributed by atoms with Gasteiger partial charge >= 0.3 is 0 Å². The lowest BCUT2D eigenvalue weighted by molar-refractivity contribution is -0.122. The predicted octanol–water partition coefficient (Wildman–Crippen LogP) is 3.06. The van der Waals surface area contributed by atoms with Gasteiger partial charge in [0.15, 0.2) is 12.3 Å². The van der Waals surface area contributed by atoms with Gasteiger partial charge in [0.25, 0.3) is 5.91 Å². The quantitative estimate of drug-likeness (QED) is 0.757. The third kappa shape index (κ3) is 3.23. The molecule has 1 aromatic carbocycles. The number of hydrogen-bond donors (Lipinski definition) is 2. The lowest BCUT2D eigenvalue weighted by Crippen LogP contribution is -2.24. The molecule has 1 amide bonds. The minimum absolute atomic E-state index is 0.0525. The molecule has 0 fully saturated rings. The molecule has 2 heterocycles. The molecular formula is C15H12Cl2N4O2. The molecule has 0 bridgehead atoms. The van der Waals surface area contributed by atoms with Gasteiger partial charge in [-0.2, -0.15) is 0 Å². The fraction of sp³-hybridized carbons (Fsp3) is 0.133. The maximum Gasteiger partial charge on any atom is 0.257 e. The number of aromatic nitrogens is 3. The largest absolute Gasteiger partial charge is 0.484 e. The molecule has 0 aliphatic rings. The van der Waals surface area contributed by atoms with E-state index < -0.39 is 0 Å². The van der Waals surface area contributed by atoms with Crippen molar-refractivity contribution in [3.63, 3.8) is 0 Å². The van der Waals surface area contributed by atoms with Crippen LogP contribution in [-0.4, -0.2) is 34.5 Å². The number of likely N-dealkylation sites (N-methyl/N-ethyl adjacent to an activating group) is 1. The number of nitrogens with one attached hydrogen (secondary N) is 2. The van der Waals surface area contributed by atoms with Gasteiger partial charge in [-0.3, -0.25) is 4.79 Å². The predicted molar refractivity (Wildman–Crippen MR) is 88.9 cm³/mol. The Kier molecular flexibility index (Phi) is 4.36. The number of halogens is 2. The fourth-order valence-corrected chi connectivity index (χ4v) is 2.31. The molecule has 2 N–H and O–H groups in total. The Morgan fingerprint density at radius 2 is 2.22 bits per heavy atom. The van der Waals surface area contributed by atoms with Gasteiger partial charge in [0.1, 0.15) is 17.1 Å². The number of ether oxygens (including phenoxy) is 1. The van der Waals surface area contributed by atoms with E-state index in [-0.39, 0.29) is 12.5 Å². The van der Waals surface area contributed by atoms with Crippen LogP contribution >= 0.6 is 23.2 Å². The molecule has 0 aliphatic carbocycles. The molecule has 118 valence electrons. The number of fused-ring (bicyclic) bond motifs is 1. The summed E-state index contributed by atoms with van der Waals surface area (Å²) in [6.45, 7) is -0.0525. The Morgan fingerprint density at radius 1 is 1.39 bits per heavy atom. The van der Waals surface area contributed by atoms with Crippen LogP contribution in [0.4, 0.5) is 0 Å². The summed E-state index contributed by atoms with van der Waals surface area (Å²) in [4.78, 5) is 22.9. The van der Waals surface area contributed by atoms with Crippen LogP contribution in [0.1, 0.15) is 0 Å². The summed E-state index contributed by atoms with van der Waals surface area (Å²) in [5.41, 5.74) is 1.83. The molecule has 2 aromatic heterocycles. The van der Waals surface area contributed by atoms with Gasteiger partial charge in [0.2, 0.25) is 0 Å². The van der Waals surface area contributed by atoms with Crippen molar-refractivity contribution in [1.82, 2.24) is 20.3 Å². The third-order valence-corrected chi connectivity index (χ3v) is 3.93. The molecule has 23 heavy (non-hydrogen) atoms. The highest BCUT2D eigenvalue weighted by Crippen LogP contribution is 2.30. The van der Waals surface area contributed by atoms with Crippen molar-refractivity contribution in [3.05, 3.63) is 40.5 Å². The number of pyridine rings is 1. The number of H-pyrrole nitrogens is 1. The molecule has 0 radical (unpaired) electrons. The number of carbonyl (C=O) groups is 1. The van der Waals surface area contributed by atoms with Crippen LogP contribution in [-0.2, 0) is 4.79 Å². The maximum absolute atomic E-state index is 11.2. The number of nitrogens with zero attached hydrogens (tertiary/aromatic N) is 2. The smallest absolute Gasteiger partial charge is 0.257 e. The maximum atomic E-state index is 11.2. The number of aromatic amines is 1. The van der Waals surface area contributed by atoms with Gasteiger partial charge in [-0.15, -0.1) is 0 Å². The number of hydrogen-bond acceptors (Lipinski definition) is 4. The first-order valence-electron chi connectivity index (χ1n) is 6.72. The Hall–Kier alpha value is -2.31. The summed E-state index contributed by atoms with van der Waals surface area (Å²) in [6, 6.07) is 7.21. The molecule has 0 aliphatic heterocycles. The van der Waals surface area contributed by atoms with Crippen molar-refractivity contribution in [2.45, 2.75) is 0 Å². The number of benzene rings is 1. The fourth-order valence-electron chi connectivity index (χ4n) is 1.99. The molecule has 0 spiro atoms. The topological polar surface area (TPSA) is 79.9 Å². The lowest BCUT2D eigenvalue weighted by atomic mass is 10.2. The van der Waals surface area contributed by atoms with Crippen LogP contribution in [0.15, 0.2) is 30.5 Å². The molecule has 3 rings (SSSR count). The summed E-state index contributed by atoms with van der Waals surface area (Å²) in [6.07, 6.45) is 1.47. The summed E-state index contributed by atoms with van der Waals surface area (Å²) < 4.78 is 5.42. The van der Waals surface area contributed by atoms with Crippen molar-refractivity contribution >= 4 is 40.3 Å². The van der Waals surface area contributed by atoms with Crippen LogP contribution in [0.3, 0.4) is 0 Å². The molecule has 6 nitrogen and oxygen atoms in total. The number of carbonyl (C=O) groups excluding carboxylic acids is 1. The van der Waals surface area contributed by atoms with E-state index >= 15 is 0 Å². The van der Waals surface area contributed by atoms with E-state index in [0.29, 0.717) is 32.8 Å². The van der Waals surface area contributed by atoms with Crippen LogP contribution in [0, 0.1) is 0 Å². The Balaban J connectivity index is 1.92. The average molecular weight is 351 g/mol. The molecule has 0 unspecified atom stereocenters. The highest BCUT2D eigenvalue weighted by atomic mass is 35.5. The number of amides is 1. The Morgan fingerprint density at radius 3 is 3.00 bits per heavy atom. The van der Waals surface area contributed by atoms with Crippen molar-refractivity contribution in [2.24, 2.45) is 0 Å². The number of imidazole rings is 1. The minimum atomic E-state index is -0.204. The van der Waals surface area contributed by atoms with Crippen molar-refractivity contribution < 1.29 is 9.53 Å².